The maximum atomic E-state index is 5.96. The van der Waals surface area contributed by atoms with Crippen molar-refractivity contribution in [2.24, 2.45) is 5.10 Å². The number of aromatic nitrogens is 3. The molecular formula is C23H27BrN4O3. The highest BCUT2D eigenvalue weighted by Gasteiger charge is 2.12. The molecule has 3 aromatic rings. The van der Waals surface area contributed by atoms with E-state index in [4.69, 9.17) is 14.2 Å². The Bertz CT molecular complexity index is 975. The SMILES string of the molecule is CCOc1cc(/C=N\n2cnnc2)cc(Br)c1OCCOc1ccc([C@H](C)CC)cc1. The predicted octanol–water partition coefficient (Wildman–Crippen LogP) is 5.29. The van der Waals surface area contributed by atoms with Crippen LogP contribution in [0.3, 0.4) is 0 Å². The van der Waals surface area contributed by atoms with E-state index in [0.717, 1.165) is 22.2 Å². The van der Waals surface area contributed by atoms with Crippen LogP contribution >= 0.6 is 15.9 Å². The van der Waals surface area contributed by atoms with E-state index >= 15 is 0 Å². The topological polar surface area (TPSA) is 70.8 Å². The van der Waals surface area contributed by atoms with Crippen LogP contribution in [0.25, 0.3) is 0 Å². The maximum absolute atomic E-state index is 5.96. The molecule has 0 aliphatic rings. The highest BCUT2D eigenvalue weighted by atomic mass is 79.9. The number of hydrogen-bond donors (Lipinski definition) is 0. The fourth-order valence-corrected chi connectivity index (χ4v) is 3.46. The zero-order valence-electron chi connectivity index (χ0n) is 18.0. The zero-order chi connectivity index (χ0) is 22.1. The molecule has 0 amide bonds. The second kappa shape index (κ2) is 11.5. The van der Waals surface area contributed by atoms with Crippen molar-refractivity contribution >= 4 is 22.1 Å². The van der Waals surface area contributed by atoms with Crippen molar-refractivity contribution in [2.45, 2.75) is 33.1 Å². The molecule has 31 heavy (non-hydrogen) atoms. The lowest BCUT2D eigenvalue weighted by Gasteiger charge is -2.15. The molecular weight excluding hydrogens is 460 g/mol. The highest BCUT2D eigenvalue weighted by molar-refractivity contribution is 9.10. The first-order valence-electron chi connectivity index (χ1n) is 10.3. The third kappa shape index (κ3) is 6.55. The molecule has 0 N–H and O–H groups in total. The number of nitrogens with zero attached hydrogens (tertiary/aromatic N) is 4. The molecule has 0 fully saturated rings. The Morgan fingerprint density at radius 2 is 1.74 bits per heavy atom. The number of rotatable bonds is 11. The molecule has 0 saturated carbocycles. The van der Waals surface area contributed by atoms with Gasteiger partial charge in [-0.15, -0.1) is 10.2 Å². The quantitative estimate of drug-likeness (QED) is 0.272. The summed E-state index contributed by atoms with van der Waals surface area (Å²) >= 11 is 3.57. The molecule has 0 unspecified atom stereocenters. The van der Waals surface area contributed by atoms with Gasteiger partial charge in [0.1, 0.15) is 31.6 Å². The van der Waals surface area contributed by atoms with Gasteiger partial charge in [-0.3, -0.25) is 0 Å². The molecule has 2 aromatic carbocycles. The summed E-state index contributed by atoms with van der Waals surface area (Å²) in [6.45, 7) is 7.69. The average Bonchev–Trinajstić information content (AvgIpc) is 3.30. The lowest BCUT2D eigenvalue weighted by atomic mass is 9.99. The molecule has 0 aliphatic carbocycles. The molecule has 7 nitrogen and oxygen atoms in total. The predicted molar refractivity (Wildman–Crippen MR) is 124 cm³/mol. The first-order chi connectivity index (χ1) is 15.1. The van der Waals surface area contributed by atoms with Crippen LogP contribution < -0.4 is 14.2 Å². The summed E-state index contributed by atoms with van der Waals surface area (Å²) in [6, 6.07) is 12.1. The molecule has 1 aromatic heterocycles. The average molecular weight is 487 g/mol. The Kier molecular flexibility index (Phi) is 8.46. The van der Waals surface area contributed by atoms with Crippen LogP contribution in [-0.2, 0) is 0 Å². The summed E-state index contributed by atoms with van der Waals surface area (Å²) in [7, 11) is 0. The molecule has 164 valence electrons. The van der Waals surface area contributed by atoms with Crippen molar-refractivity contribution < 1.29 is 14.2 Å². The minimum Gasteiger partial charge on any atom is -0.490 e. The van der Waals surface area contributed by atoms with Crippen molar-refractivity contribution in [3.63, 3.8) is 0 Å². The maximum Gasteiger partial charge on any atom is 0.175 e. The third-order valence-corrected chi connectivity index (χ3v) is 5.33. The molecule has 0 aliphatic heterocycles. The lowest BCUT2D eigenvalue weighted by molar-refractivity contribution is 0.207. The van der Waals surface area contributed by atoms with Crippen LogP contribution in [0.5, 0.6) is 17.2 Å². The van der Waals surface area contributed by atoms with Gasteiger partial charge in [-0.25, -0.2) is 4.68 Å². The van der Waals surface area contributed by atoms with Gasteiger partial charge in [0.2, 0.25) is 0 Å². The first-order valence-corrected chi connectivity index (χ1v) is 11.1. The van der Waals surface area contributed by atoms with E-state index in [2.05, 4.69) is 57.2 Å². The summed E-state index contributed by atoms with van der Waals surface area (Å²) < 4.78 is 19.8. The van der Waals surface area contributed by atoms with Gasteiger partial charge in [-0.2, -0.15) is 5.10 Å². The van der Waals surface area contributed by atoms with Crippen LogP contribution in [0.2, 0.25) is 0 Å². The van der Waals surface area contributed by atoms with Crippen molar-refractivity contribution in [3.05, 3.63) is 64.7 Å². The Labute approximate surface area is 191 Å². The van der Waals surface area contributed by atoms with E-state index in [-0.39, 0.29) is 0 Å². The monoisotopic (exact) mass is 486 g/mol. The van der Waals surface area contributed by atoms with Gasteiger partial charge >= 0.3 is 0 Å². The van der Waals surface area contributed by atoms with E-state index in [1.54, 1.807) is 6.21 Å². The summed E-state index contributed by atoms with van der Waals surface area (Å²) in [5, 5.41) is 11.7. The van der Waals surface area contributed by atoms with Crippen LogP contribution in [0.4, 0.5) is 0 Å². The second-order valence-electron chi connectivity index (χ2n) is 6.92. The molecule has 0 saturated heterocycles. The Morgan fingerprint density at radius 3 is 2.42 bits per heavy atom. The zero-order valence-corrected chi connectivity index (χ0v) is 19.6. The van der Waals surface area contributed by atoms with Crippen LogP contribution in [0.15, 0.2) is 58.6 Å². The minimum atomic E-state index is 0.389. The number of benzene rings is 2. The van der Waals surface area contributed by atoms with Crippen LogP contribution in [0, 0.1) is 0 Å². The smallest absolute Gasteiger partial charge is 0.175 e. The van der Waals surface area contributed by atoms with Gasteiger partial charge in [0.15, 0.2) is 11.5 Å². The fourth-order valence-electron chi connectivity index (χ4n) is 2.89. The van der Waals surface area contributed by atoms with E-state index in [9.17, 15) is 0 Å². The Balaban J connectivity index is 1.60. The molecule has 1 heterocycles. The van der Waals surface area contributed by atoms with Crippen molar-refractivity contribution in [2.75, 3.05) is 19.8 Å². The third-order valence-electron chi connectivity index (χ3n) is 4.74. The Hall–Kier alpha value is -2.87. The van der Waals surface area contributed by atoms with E-state index in [0.29, 0.717) is 37.2 Å². The van der Waals surface area contributed by atoms with Crippen LogP contribution in [-0.4, -0.2) is 40.9 Å². The first kappa shape index (κ1) is 22.8. The molecule has 0 spiro atoms. The van der Waals surface area contributed by atoms with Gasteiger partial charge in [0.05, 0.1) is 17.3 Å². The minimum absolute atomic E-state index is 0.389. The van der Waals surface area contributed by atoms with E-state index in [1.807, 2.05) is 31.2 Å². The standard InChI is InChI=1S/C23H27BrN4O3/c1-4-17(3)19-6-8-20(9-7-19)30-10-11-31-23-21(24)12-18(13-22(23)29-5-2)14-27-28-15-25-26-16-28/h6-9,12-17H,4-5,10-11H2,1-3H3/b27-14-/t17-/m1/s1. The number of halogens is 1. The molecule has 3 rings (SSSR count). The molecule has 8 heteroatoms. The van der Waals surface area contributed by atoms with Gasteiger partial charge in [-0.1, -0.05) is 26.0 Å². The summed E-state index contributed by atoms with van der Waals surface area (Å²) in [4.78, 5) is 0. The largest absolute Gasteiger partial charge is 0.490 e. The number of hydrogen-bond acceptors (Lipinski definition) is 6. The van der Waals surface area contributed by atoms with Gasteiger partial charge in [-0.05, 0) is 70.6 Å². The van der Waals surface area contributed by atoms with Gasteiger partial charge in [0, 0.05) is 0 Å². The lowest BCUT2D eigenvalue weighted by Crippen LogP contribution is -2.10. The van der Waals surface area contributed by atoms with Crippen molar-refractivity contribution in [1.82, 2.24) is 14.9 Å². The molecule has 1 atom stereocenters. The normalized spacial score (nSPS) is 12.1. The van der Waals surface area contributed by atoms with Gasteiger partial charge in [0.25, 0.3) is 0 Å². The summed E-state index contributed by atoms with van der Waals surface area (Å²) in [5.41, 5.74) is 2.18. The van der Waals surface area contributed by atoms with E-state index in [1.165, 1.54) is 22.9 Å². The fraction of sp³-hybridized carbons (Fsp3) is 0.348. The van der Waals surface area contributed by atoms with Crippen molar-refractivity contribution in [3.8, 4) is 17.2 Å². The highest BCUT2D eigenvalue weighted by Crippen LogP contribution is 2.36. The van der Waals surface area contributed by atoms with Gasteiger partial charge < -0.3 is 14.2 Å². The Morgan fingerprint density at radius 1 is 1.03 bits per heavy atom. The molecule has 0 bridgehead atoms. The summed E-state index contributed by atoms with van der Waals surface area (Å²) in [5.74, 6) is 2.66. The van der Waals surface area contributed by atoms with E-state index < -0.39 is 0 Å². The number of ether oxygens (including phenoxy) is 3. The second-order valence-corrected chi connectivity index (χ2v) is 7.78. The summed E-state index contributed by atoms with van der Waals surface area (Å²) in [6.07, 6.45) is 5.86. The van der Waals surface area contributed by atoms with Crippen LogP contribution in [0.1, 0.15) is 44.2 Å². The van der Waals surface area contributed by atoms with Crippen molar-refractivity contribution in [1.29, 1.82) is 0 Å². The molecule has 0 radical (unpaired) electrons.